The van der Waals surface area contributed by atoms with Crippen molar-refractivity contribution >= 4 is 0 Å². The molecule has 1 aromatic rings. The molecule has 1 unspecified atom stereocenters. The molecule has 5 heteroatoms. The number of H-pyrrole nitrogens is 1. The number of aromatic nitrogens is 2. The topological polar surface area (TPSA) is 58.2 Å². The Morgan fingerprint density at radius 1 is 1.61 bits per heavy atom. The molecule has 2 heterocycles. The third kappa shape index (κ3) is 2.97. The molecule has 1 aliphatic rings. The van der Waals surface area contributed by atoms with Crippen molar-refractivity contribution in [2.45, 2.75) is 32.8 Å². The van der Waals surface area contributed by atoms with E-state index in [4.69, 9.17) is 4.74 Å². The molecule has 0 bridgehead atoms. The molecule has 1 N–H and O–H groups in total. The van der Waals surface area contributed by atoms with E-state index in [1.165, 1.54) is 0 Å². The highest BCUT2D eigenvalue weighted by Crippen LogP contribution is 2.19. The highest BCUT2D eigenvalue weighted by molar-refractivity contribution is 5.08. The zero-order valence-corrected chi connectivity index (χ0v) is 11.3. The van der Waals surface area contributed by atoms with Crippen molar-refractivity contribution in [2.24, 2.45) is 0 Å². The Labute approximate surface area is 107 Å². The molecule has 0 aliphatic carbocycles. The molecular weight excluding hydrogens is 230 g/mol. The van der Waals surface area contributed by atoms with Crippen molar-refractivity contribution in [3.8, 4) is 0 Å². The average molecular weight is 251 g/mol. The number of aromatic amines is 1. The molecule has 1 aliphatic heterocycles. The number of hydrogen-bond donors (Lipinski definition) is 1. The van der Waals surface area contributed by atoms with Gasteiger partial charge in [-0.05, 0) is 12.5 Å². The summed E-state index contributed by atoms with van der Waals surface area (Å²) in [4.78, 5) is 21.3. The first-order chi connectivity index (χ1) is 8.60. The minimum absolute atomic E-state index is 0.0964. The molecule has 0 radical (unpaired) electrons. The second-order valence-corrected chi connectivity index (χ2v) is 4.96. The van der Waals surface area contributed by atoms with Crippen LogP contribution in [0.1, 0.15) is 44.3 Å². The summed E-state index contributed by atoms with van der Waals surface area (Å²) in [6.07, 6.45) is -0.120. The van der Waals surface area contributed by atoms with Crippen LogP contribution in [0.15, 0.2) is 10.9 Å². The predicted octanol–water partition coefficient (Wildman–Crippen LogP) is 1.29. The Morgan fingerprint density at radius 3 is 3.06 bits per heavy atom. The molecule has 5 nitrogen and oxygen atoms in total. The fourth-order valence-electron chi connectivity index (χ4n) is 2.10. The first-order valence-electron chi connectivity index (χ1n) is 6.55. The van der Waals surface area contributed by atoms with E-state index in [-0.39, 0.29) is 17.6 Å². The lowest BCUT2D eigenvalue weighted by atomic mass is 10.1. The van der Waals surface area contributed by atoms with Gasteiger partial charge in [0.1, 0.15) is 11.9 Å². The molecule has 0 saturated carbocycles. The van der Waals surface area contributed by atoms with E-state index in [1.807, 2.05) is 13.8 Å². The van der Waals surface area contributed by atoms with Gasteiger partial charge in [-0.1, -0.05) is 20.8 Å². The van der Waals surface area contributed by atoms with Crippen LogP contribution in [-0.2, 0) is 4.74 Å². The quantitative estimate of drug-likeness (QED) is 0.879. The third-order valence-corrected chi connectivity index (χ3v) is 3.27. The Hall–Kier alpha value is -1.20. The Morgan fingerprint density at radius 2 is 2.39 bits per heavy atom. The summed E-state index contributed by atoms with van der Waals surface area (Å²) in [7, 11) is 0. The van der Waals surface area contributed by atoms with Crippen LogP contribution in [0.2, 0.25) is 0 Å². The maximum atomic E-state index is 11.6. The summed E-state index contributed by atoms with van der Waals surface area (Å²) in [5, 5.41) is 0. The molecular formula is C13H21N3O2. The van der Waals surface area contributed by atoms with Crippen LogP contribution in [0.3, 0.4) is 0 Å². The van der Waals surface area contributed by atoms with Crippen LogP contribution in [0.4, 0.5) is 0 Å². The van der Waals surface area contributed by atoms with E-state index in [0.717, 1.165) is 25.3 Å². The third-order valence-electron chi connectivity index (χ3n) is 3.27. The fraction of sp³-hybridized carbons (Fsp3) is 0.692. The molecule has 0 aromatic carbocycles. The van der Waals surface area contributed by atoms with Crippen LogP contribution in [0.5, 0.6) is 0 Å². The van der Waals surface area contributed by atoms with Gasteiger partial charge in [0.2, 0.25) is 0 Å². The zero-order valence-electron chi connectivity index (χ0n) is 11.3. The van der Waals surface area contributed by atoms with E-state index < -0.39 is 0 Å². The molecule has 1 saturated heterocycles. The molecule has 0 spiro atoms. The van der Waals surface area contributed by atoms with Gasteiger partial charge in [-0.15, -0.1) is 0 Å². The van der Waals surface area contributed by atoms with Crippen molar-refractivity contribution < 1.29 is 4.74 Å². The number of rotatable bonds is 3. The van der Waals surface area contributed by atoms with Gasteiger partial charge in [0.25, 0.3) is 5.56 Å². The smallest absolute Gasteiger partial charge is 0.251 e. The second kappa shape index (κ2) is 5.63. The van der Waals surface area contributed by atoms with E-state index in [2.05, 4.69) is 21.8 Å². The van der Waals surface area contributed by atoms with Crippen LogP contribution in [0, 0.1) is 0 Å². The predicted molar refractivity (Wildman–Crippen MR) is 69.8 cm³/mol. The van der Waals surface area contributed by atoms with Crippen molar-refractivity contribution in [2.75, 3.05) is 26.2 Å². The Balaban J connectivity index is 2.24. The van der Waals surface area contributed by atoms with Gasteiger partial charge in [-0.25, -0.2) is 4.98 Å². The SMILES string of the molecule is CCN1CCOC(c2nc(C(C)C)cc(=O)[nH]2)C1. The first-order valence-corrected chi connectivity index (χ1v) is 6.55. The largest absolute Gasteiger partial charge is 0.368 e. The zero-order chi connectivity index (χ0) is 13.1. The van der Waals surface area contributed by atoms with Crippen molar-refractivity contribution in [1.82, 2.24) is 14.9 Å². The Kier molecular flexibility index (Phi) is 4.14. The standard InChI is InChI=1S/C13H21N3O2/c1-4-16-5-6-18-11(8-16)13-14-10(9(2)3)7-12(17)15-13/h7,9,11H,4-6,8H2,1-3H3,(H,14,15,17). The normalized spacial score (nSPS) is 21.4. The van der Waals surface area contributed by atoms with E-state index in [1.54, 1.807) is 6.07 Å². The second-order valence-electron chi connectivity index (χ2n) is 4.96. The van der Waals surface area contributed by atoms with Crippen LogP contribution < -0.4 is 5.56 Å². The van der Waals surface area contributed by atoms with Crippen LogP contribution in [0.25, 0.3) is 0 Å². The average Bonchev–Trinajstić information content (AvgIpc) is 2.38. The van der Waals surface area contributed by atoms with Gasteiger partial charge in [-0.2, -0.15) is 0 Å². The maximum absolute atomic E-state index is 11.6. The molecule has 1 atom stereocenters. The van der Waals surface area contributed by atoms with Gasteiger partial charge < -0.3 is 9.72 Å². The van der Waals surface area contributed by atoms with Crippen molar-refractivity contribution in [3.63, 3.8) is 0 Å². The number of likely N-dealkylation sites (N-methyl/N-ethyl adjacent to an activating group) is 1. The lowest BCUT2D eigenvalue weighted by molar-refractivity contribution is -0.0328. The molecule has 1 aromatic heterocycles. The summed E-state index contributed by atoms with van der Waals surface area (Å²) >= 11 is 0. The highest BCUT2D eigenvalue weighted by atomic mass is 16.5. The highest BCUT2D eigenvalue weighted by Gasteiger charge is 2.23. The van der Waals surface area contributed by atoms with Crippen molar-refractivity contribution in [1.29, 1.82) is 0 Å². The van der Waals surface area contributed by atoms with Gasteiger partial charge in [0, 0.05) is 19.2 Å². The minimum Gasteiger partial charge on any atom is -0.368 e. The number of hydrogen-bond acceptors (Lipinski definition) is 4. The minimum atomic E-state index is -0.120. The van der Waals surface area contributed by atoms with Crippen LogP contribution in [-0.4, -0.2) is 41.1 Å². The Bertz CT molecular complexity index is 456. The lowest BCUT2D eigenvalue weighted by Crippen LogP contribution is -2.39. The monoisotopic (exact) mass is 251 g/mol. The maximum Gasteiger partial charge on any atom is 0.251 e. The van der Waals surface area contributed by atoms with E-state index >= 15 is 0 Å². The molecule has 18 heavy (non-hydrogen) atoms. The number of ether oxygens (including phenoxy) is 1. The molecule has 1 fully saturated rings. The first kappa shape index (κ1) is 13.2. The van der Waals surface area contributed by atoms with Gasteiger partial charge in [0.15, 0.2) is 0 Å². The van der Waals surface area contributed by atoms with Gasteiger partial charge in [0.05, 0.1) is 12.3 Å². The molecule has 100 valence electrons. The number of nitrogens with zero attached hydrogens (tertiary/aromatic N) is 2. The van der Waals surface area contributed by atoms with Gasteiger partial charge in [-0.3, -0.25) is 9.69 Å². The van der Waals surface area contributed by atoms with E-state index in [0.29, 0.717) is 12.4 Å². The van der Waals surface area contributed by atoms with Crippen molar-refractivity contribution in [3.05, 3.63) is 27.9 Å². The summed E-state index contributed by atoms with van der Waals surface area (Å²) < 4.78 is 5.71. The molecule has 2 rings (SSSR count). The summed E-state index contributed by atoms with van der Waals surface area (Å²) in [5.74, 6) is 0.904. The lowest BCUT2D eigenvalue weighted by Gasteiger charge is -2.31. The summed E-state index contributed by atoms with van der Waals surface area (Å²) in [6.45, 7) is 9.62. The number of nitrogens with one attached hydrogen (secondary N) is 1. The summed E-state index contributed by atoms with van der Waals surface area (Å²) in [6, 6.07) is 1.56. The number of morpholine rings is 1. The summed E-state index contributed by atoms with van der Waals surface area (Å²) in [5.41, 5.74) is 0.729. The van der Waals surface area contributed by atoms with Gasteiger partial charge >= 0.3 is 0 Å². The van der Waals surface area contributed by atoms with E-state index in [9.17, 15) is 4.79 Å². The molecule has 0 amide bonds. The van der Waals surface area contributed by atoms with Crippen LogP contribution >= 0.6 is 0 Å². The fourth-order valence-corrected chi connectivity index (χ4v) is 2.10.